The van der Waals surface area contributed by atoms with Crippen LogP contribution in [0.15, 0.2) is 54.6 Å². The first-order chi connectivity index (χ1) is 16.3. The topological polar surface area (TPSA) is 101 Å². The Hall–Kier alpha value is -3.81. The molecule has 34 heavy (non-hydrogen) atoms. The molecule has 0 saturated carbocycles. The van der Waals surface area contributed by atoms with Crippen LogP contribution in [0.25, 0.3) is 5.57 Å². The fourth-order valence-electron chi connectivity index (χ4n) is 5.64. The van der Waals surface area contributed by atoms with Gasteiger partial charge in [-0.15, -0.1) is 0 Å². The molecule has 2 aromatic rings. The molecule has 0 N–H and O–H groups in total. The van der Waals surface area contributed by atoms with Crippen LogP contribution < -0.4 is 4.90 Å². The summed E-state index contributed by atoms with van der Waals surface area (Å²) in [4.78, 5) is 54.9. The van der Waals surface area contributed by atoms with E-state index in [1.165, 1.54) is 29.2 Å². The quantitative estimate of drug-likeness (QED) is 0.281. The lowest BCUT2D eigenvalue weighted by molar-refractivity contribution is -0.384. The Morgan fingerprint density at radius 2 is 1.79 bits per heavy atom. The molecule has 5 rings (SSSR count). The summed E-state index contributed by atoms with van der Waals surface area (Å²) in [6.07, 6.45) is 3.52. The van der Waals surface area contributed by atoms with Crippen LogP contribution in [0.5, 0.6) is 0 Å². The molecule has 3 heterocycles. The van der Waals surface area contributed by atoms with Crippen molar-refractivity contribution in [3.05, 3.63) is 75.8 Å². The number of nitrogens with zero attached hydrogens (tertiary/aromatic N) is 3. The number of carbonyl (C=O) groups is 3. The number of nitro groups is 1. The fraction of sp³-hybridized carbons (Fsp3) is 0.346. The number of ketones is 1. The molecule has 8 nitrogen and oxygen atoms in total. The largest absolute Gasteiger partial charge is 0.352 e. The summed E-state index contributed by atoms with van der Waals surface area (Å²) in [5.74, 6) is -2.46. The van der Waals surface area contributed by atoms with Gasteiger partial charge in [0.15, 0.2) is 5.78 Å². The number of para-hydroxylation sites is 1. The maximum absolute atomic E-state index is 13.9. The zero-order chi connectivity index (χ0) is 24.1. The van der Waals surface area contributed by atoms with Crippen molar-refractivity contribution in [1.82, 2.24) is 4.90 Å². The van der Waals surface area contributed by atoms with Crippen molar-refractivity contribution in [2.45, 2.75) is 38.8 Å². The van der Waals surface area contributed by atoms with Gasteiger partial charge in [-0.1, -0.05) is 49.8 Å². The van der Waals surface area contributed by atoms with E-state index in [-0.39, 0.29) is 28.8 Å². The lowest BCUT2D eigenvalue weighted by Gasteiger charge is -2.38. The second kappa shape index (κ2) is 8.20. The highest BCUT2D eigenvalue weighted by Crippen LogP contribution is 2.50. The van der Waals surface area contributed by atoms with Crippen LogP contribution in [-0.2, 0) is 9.59 Å². The van der Waals surface area contributed by atoms with E-state index in [9.17, 15) is 24.5 Å². The number of imide groups is 1. The Kier molecular flexibility index (Phi) is 5.31. The molecule has 2 aromatic carbocycles. The third kappa shape index (κ3) is 3.16. The van der Waals surface area contributed by atoms with Crippen molar-refractivity contribution in [1.29, 1.82) is 0 Å². The number of fused-ring (bicyclic) bond motifs is 5. The van der Waals surface area contributed by atoms with Crippen LogP contribution in [0.3, 0.4) is 0 Å². The average Bonchev–Trinajstić information content (AvgIpc) is 3.30. The SMILES string of the molecule is CCCCN1C(=O)[C@@H]2[C@H](C1=O)[C@@H](C(=O)c1cccc([N+](=O)[O-])c1)N1c3ccccc3C(C)=C[C@H]21. The van der Waals surface area contributed by atoms with E-state index in [1.54, 1.807) is 0 Å². The molecule has 0 radical (unpaired) electrons. The van der Waals surface area contributed by atoms with E-state index in [2.05, 4.69) is 0 Å². The van der Waals surface area contributed by atoms with Crippen LogP contribution in [0.1, 0.15) is 42.6 Å². The summed E-state index contributed by atoms with van der Waals surface area (Å²) in [5.41, 5.74) is 2.70. The molecule has 3 aliphatic rings. The highest BCUT2D eigenvalue weighted by molar-refractivity contribution is 6.14. The van der Waals surface area contributed by atoms with Crippen molar-refractivity contribution < 1.29 is 19.3 Å². The van der Waals surface area contributed by atoms with Crippen LogP contribution in [0.2, 0.25) is 0 Å². The Balaban J connectivity index is 1.65. The van der Waals surface area contributed by atoms with Gasteiger partial charge in [0.05, 0.1) is 22.8 Å². The Morgan fingerprint density at radius 3 is 2.53 bits per heavy atom. The summed E-state index contributed by atoms with van der Waals surface area (Å²) in [7, 11) is 0. The molecule has 2 amide bonds. The minimum absolute atomic E-state index is 0.162. The minimum atomic E-state index is -0.925. The van der Waals surface area contributed by atoms with E-state index in [0.717, 1.165) is 23.2 Å². The van der Waals surface area contributed by atoms with Gasteiger partial charge in [-0.05, 0) is 25.0 Å². The lowest BCUT2D eigenvalue weighted by atomic mass is 9.85. The predicted octanol–water partition coefficient (Wildman–Crippen LogP) is 3.85. The zero-order valence-electron chi connectivity index (χ0n) is 19.0. The third-order valence-electron chi connectivity index (χ3n) is 7.19. The van der Waals surface area contributed by atoms with Gasteiger partial charge in [-0.2, -0.15) is 0 Å². The number of hydrogen-bond donors (Lipinski definition) is 0. The normalized spacial score (nSPS) is 25.1. The van der Waals surface area contributed by atoms with Gasteiger partial charge in [0, 0.05) is 35.5 Å². The summed E-state index contributed by atoms with van der Waals surface area (Å²) >= 11 is 0. The van der Waals surface area contributed by atoms with Gasteiger partial charge in [0.25, 0.3) is 5.69 Å². The van der Waals surface area contributed by atoms with Gasteiger partial charge in [0.2, 0.25) is 11.8 Å². The first-order valence-electron chi connectivity index (χ1n) is 11.5. The smallest absolute Gasteiger partial charge is 0.270 e. The van der Waals surface area contributed by atoms with Crippen LogP contribution in [0.4, 0.5) is 11.4 Å². The standard InChI is InChI=1S/C26H25N3O5/c1-3-4-12-27-25(31)21-20-13-15(2)18-10-5-6-11-19(18)28(20)23(22(21)26(27)32)24(30)16-8-7-9-17(14-16)29(33)34/h5-11,13-14,20-23H,3-4,12H2,1-2H3/t20-,21+,22+,23+/m1/s1. The Morgan fingerprint density at radius 1 is 1.06 bits per heavy atom. The monoisotopic (exact) mass is 459 g/mol. The van der Waals surface area contributed by atoms with Gasteiger partial charge in [0.1, 0.15) is 6.04 Å². The molecule has 2 fully saturated rings. The van der Waals surface area contributed by atoms with Crippen molar-refractivity contribution in [2.24, 2.45) is 11.8 Å². The van der Waals surface area contributed by atoms with Crippen LogP contribution in [-0.4, -0.2) is 46.0 Å². The number of amides is 2. The Bertz CT molecular complexity index is 1250. The first kappa shape index (κ1) is 22.0. The lowest BCUT2D eigenvalue weighted by Crippen LogP contribution is -2.49. The maximum Gasteiger partial charge on any atom is 0.270 e. The number of unbranched alkanes of at least 4 members (excludes halogenated alkanes) is 1. The van der Waals surface area contributed by atoms with E-state index in [4.69, 9.17) is 0 Å². The van der Waals surface area contributed by atoms with Gasteiger partial charge in [-0.3, -0.25) is 29.4 Å². The van der Waals surface area contributed by atoms with Crippen LogP contribution >= 0.6 is 0 Å². The number of benzene rings is 2. The molecule has 0 unspecified atom stereocenters. The van der Waals surface area contributed by atoms with Crippen molar-refractivity contribution >= 4 is 34.5 Å². The van der Waals surface area contributed by atoms with E-state index < -0.39 is 28.8 Å². The van der Waals surface area contributed by atoms with E-state index in [0.29, 0.717) is 13.0 Å². The number of allylic oxidation sites excluding steroid dienone is 1. The molecule has 0 aromatic heterocycles. The summed E-state index contributed by atoms with van der Waals surface area (Å²) in [6, 6.07) is 11.9. The molecular weight excluding hydrogens is 434 g/mol. The second-order valence-corrected chi connectivity index (χ2v) is 9.11. The van der Waals surface area contributed by atoms with E-state index >= 15 is 0 Å². The number of anilines is 1. The van der Waals surface area contributed by atoms with Gasteiger partial charge < -0.3 is 4.90 Å². The molecule has 0 spiro atoms. The third-order valence-corrected chi connectivity index (χ3v) is 7.19. The van der Waals surface area contributed by atoms with Crippen molar-refractivity contribution in [3.63, 3.8) is 0 Å². The molecule has 8 heteroatoms. The first-order valence-corrected chi connectivity index (χ1v) is 11.5. The number of nitro benzene ring substituents is 1. The Labute approximate surface area is 197 Å². The van der Waals surface area contributed by atoms with Crippen molar-refractivity contribution in [2.75, 3.05) is 11.4 Å². The van der Waals surface area contributed by atoms with Gasteiger partial charge in [-0.25, -0.2) is 0 Å². The molecule has 174 valence electrons. The molecule has 2 saturated heterocycles. The maximum atomic E-state index is 13.9. The second-order valence-electron chi connectivity index (χ2n) is 9.11. The molecule has 4 atom stereocenters. The molecule has 3 aliphatic heterocycles. The predicted molar refractivity (Wildman–Crippen MR) is 126 cm³/mol. The minimum Gasteiger partial charge on any atom is -0.352 e. The number of rotatable bonds is 6. The highest BCUT2D eigenvalue weighted by atomic mass is 16.6. The van der Waals surface area contributed by atoms with Gasteiger partial charge >= 0.3 is 0 Å². The zero-order valence-corrected chi connectivity index (χ0v) is 19.0. The summed E-state index contributed by atoms with van der Waals surface area (Å²) in [6.45, 7) is 4.30. The number of likely N-dealkylation sites (tertiary alicyclic amines) is 1. The fourth-order valence-corrected chi connectivity index (χ4v) is 5.64. The average molecular weight is 460 g/mol. The number of Topliss-reactive ketones (excluding diaryl/α,β-unsaturated/α-hetero) is 1. The molecule has 0 aliphatic carbocycles. The van der Waals surface area contributed by atoms with Crippen molar-refractivity contribution in [3.8, 4) is 0 Å². The summed E-state index contributed by atoms with van der Waals surface area (Å²) < 4.78 is 0. The molecular formula is C26H25N3O5. The number of non-ortho nitro benzene ring substituents is 1. The number of hydrogen-bond acceptors (Lipinski definition) is 6. The number of carbonyl (C=O) groups excluding carboxylic acids is 3. The summed E-state index contributed by atoms with van der Waals surface area (Å²) in [5, 5.41) is 11.3. The van der Waals surface area contributed by atoms with E-state index in [1.807, 2.05) is 49.1 Å². The molecule has 0 bridgehead atoms. The van der Waals surface area contributed by atoms with Crippen LogP contribution in [0, 0.1) is 22.0 Å². The highest BCUT2D eigenvalue weighted by Gasteiger charge is 2.64.